The van der Waals surface area contributed by atoms with Crippen molar-refractivity contribution in [1.29, 1.82) is 0 Å². The molecule has 1 atom stereocenters. The van der Waals surface area contributed by atoms with Gasteiger partial charge >= 0.3 is 23.2 Å². The van der Waals surface area contributed by atoms with E-state index in [-0.39, 0.29) is 6.07 Å². The van der Waals surface area contributed by atoms with Gasteiger partial charge in [-0.05, 0) is 12.1 Å². The van der Waals surface area contributed by atoms with Crippen molar-refractivity contribution in [2.24, 2.45) is 0 Å². The van der Waals surface area contributed by atoms with E-state index in [0.717, 1.165) is 0 Å². The summed E-state index contributed by atoms with van der Waals surface area (Å²) in [7, 11) is 0. The minimum atomic E-state index is -4.75. The van der Waals surface area contributed by atoms with Crippen LogP contribution in [0, 0.1) is 10.1 Å². The molecular weight excluding hydrogens is 267 g/mol. The van der Waals surface area contributed by atoms with E-state index in [2.05, 4.69) is 4.18 Å². The van der Waals surface area contributed by atoms with Crippen LogP contribution >= 0.6 is 0 Å². The number of benzene rings is 1. The highest BCUT2D eigenvalue weighted by atomic mass is 32.2. The standard InChI is InChI=1S/C7H4F3NO5S/c8-7(9,10)4-1-2-6(16-17(14)15)5(3-4)11(12)13/h1-3H,(H,14,15). The van der Waals surface area contributed by atoms with E-state index < -0.39 is 39.5 Å². The minimum Gasteiger partial charge on any atom is -0.373 e. The molecule has 0 aliphatic carbocycles. The van der Waals surface area contributed by atoms with Gasteiger partial charge in [0.2, 0.25) is 5.75 Å². The Kier molecular flexibility index (Phi) is 3.68. The van der Waals surface area contributed by atoms with Crippen LogP contribution in [0.15, 0.2) is 18.2 Å². The minimum absolute atomic E-state index is 0.224. The maximum absolute atomic E-state index is 12.3. The molecule has 17 heavy (non-hydrogen) atoms. The van der Waals surface area contributed by atoms with Crippen molar-refractivity contribution in [1.82, 2.24) is 0 Å². The van der Waals surface area contributed by atoms with Crippen LogP contribution in [0.3, 0.4) is 0 Å². The van der Waals surface area contributed by atoms with Crippen molar-refractivity contribution in [2.45, 2.75) is 6.18 Å². The fourth-order valence-electron chi connectivity index (χ4n) is 0.984. The van der Waals surface area contributed by atoms with Gasteiger partial charge in [0, 0.05) is 6.07 Å². The third-order valence-corrected chi connectivity index (χ3v) is 1.97. The molecule has 0 amide bonds. The lowest BCUT2D eigenvalue weighted by molar-refractivity contribution is -0.385. The fourth-order valence-corrected chi connectivity index (χ4v) is 1.28. The molecule has 94 valence electrons. The Labute approximate surface area is 94.6 Å². The molecule has 0 saturated carbocycles. The summed E-state index contributed by atoms with van der Waals surface area (Å²) >= 11 is -2.86. The third-order valence-electron chi connectivity index (χ3n) is 1.64. The number of hydrogen-bond acceptors (Lipinski definition) is 4. The third kappa shape index (κ3) is 3.39. The van der Waals surface area contributed by atoms with Crippen LogP contribution in [0.1, 0.15) is 5.56 Å². The molecule has 0 spiro atoms. The lowest BCUT2D eigenvalue weighted by atomic mass is 10.2. The lowest BCUT2D eigenvalue weighted by Gasteiger charge is -2.07. The first-order chi connectivity index (χ1) is 7.71. The van der Waals surface area contributed by atoms with Gasteiger partial charge in [-0.25, -0.2) is 0 Å². The molecule has 0 heterocycles. The summed E-state index contributed by atoms with van der Waals surface area (Å²) in [6.07, 6.45) is -4.75. The molecule has 6 nitrogen and oxygen atoms in total. The molecule has 1 aromatic rings. The summed E-state index contributed by atoms with van der Waals surface area (Å²) < 4.78 is 59.5. The van der Waals surface area contributed by atoms with Gasteiger partial charge in [0.05, 0.1) is 10.5 Å². The largest absolute Gasteiger partial charge is 0.416 e. The predicted molar refractivity (Wildman–Crippen MR) is 49.5 cm³/mol. The average Bonchev–Trinajstić information content (AvgIpc) is 2.15. The van der Waals surface area contributed by atoms with E-state index in [1.807, 2.05) is 0 Å². The number of nitrogens with zero attached hydrogens (tertiary/aromatic N) is 1. The first-order valence-electron chi connectivity index (χ1n) is 3.86. The zero-order chi connectivity index (χ0) is 13.2. The second-order valence-corrected chi connectivity index (χ2v) is 3.34. The Bertz CT molecular complexity index is 475. The predicted octanol–water partition coefficient (Wildman–Crippen LogP) is 2.13. The monoisotopic (exact) mass is 271 g/mol. The number of halogens is 3. The molecule has 1 unspecified atom stereocenters. The zero-order valence-corrected chi connectivity index (χ0v) is 8.62. The molecule has 0 fully saturated rings. The summed E-state index contributed by atoms with van der Waals surface area (Å²) in [5, 5.41) is 10.5. The highest BCUT2D eigenvalue weighted by Gasteiger charge is 2.33. The van der Waals surface area contributed by atoms with Crippen molar-refractivity contribution in [2.75, 3.05) is 0 Å². The smallest absolute Gasteiger partial charge is 0.373 e. The van der Waals surface area contributed by atoms with Crippen LogP contribution in [0.2, 0.25) is 0 Å². The second-order valence-electron chi connectivity index (χ2n) is 2.74. The molecule has 0 aliphatic heterocycles. The Morgan fingerprint density at radius 2 is 2.00 bits per heavy atom. The Morgan fingerprint density at radius 1 is 1.41 bits per heavy atom. The summed E-state index contributed by atoms with van der Waals surface area (Å²) in [6.45, 7) is 0. The summed E-state index contributed by atoms with van der Waals surface area (Å²) in [6, 6.07) is 1.34. The summed E-state index contributed by atoms with van der Waals surface area (Å²) in [4.78, 5) is 9.32. The van der Waals surface area contributed by atoms with Crippen molar-refractivity contribution in [3.63, 3.8) is 0 Å². The van der Waals surface area contributed by atoms with E-state index in [0.29, 0.717) is 12.1 Å². The van der Waals surface area contributed by atoms with Crippen LogP contribution in [-0.2, 0) is 17.5 Å². The maximum atomic E-state index is 12.3. The van der Waals surface area contributed by atoms with Gasteiger partial charge in [0.25, 0.3) is 0 Å². The molecule has 10 heteroatoms. The van der Waals surface area contributed by atoms with Gasteiger partial charge < -0.3 is 4.18 Å². The van der Waals surface area contributed by atoms with E-state index in [4.69, 9.17) is 4.55 Å². The Morgan fingerprint density at radius 3 is 2.41 bits per heavy atom. The van der Waals surface area contributed by atoms with Gasteiger partial charge in [-0.3, -0.25) is 14.7 Å². The van der Waals surface area contributed by atoms with E-state index in [1.165, 1.54) is 0 Å². The quantitative estimate of drug-likeness (QED) is 0.516. The van der Waals surface area contributed by atoms with Crippen LogP contribution in [0.4, 0.5) is 18.9 Å². The van der Waals surface area contributed by atoms with Crippen LogP contribution < -0.4 is 4.18 Å². The average molecular weight is 271 g/mol. The van der Waals surface area contributed by atoms with E-state index in [9.17, 15) is 27.5 Å². The topological polar surface area (TPSA) is 89.7 Å². The lowest BCUT2D eigenvalue weighted by Crippen LogP contribution is -2.07. The van der Waals surface area contributed by atoms with Crippen LogP contribution in [-0.4, -0.2) is 13.7 Å². The first-order valence-corrected chi connectivity index (χ1v) is 4.90. The molecule has 0 aliphatic rings. The van der Waals surface area contributed by atoms with Crippen molar-refractivity contribution < 1.29 is 31.0 Å². The van der Waals surface area contributed by atoms with Crippen LogP contribution in [0.25, 0.3) is 0 Å². The number of rotatable bonds is 3. The first kappa shape index (κ1) is 13.4. The van der Waals surface area contributed by atoms with Gasteiger partial charge in [0.15, 0.2) is 0 Å². The molecule has 0 radical (unpaired) electrons. The van der Waals surface area contributed by atoms with Gasteiger partial charge in [0.1, 0.15) is 0 Å². The number of nitro benzene ring substituents is 1. The van der Waals surface area contributed by atoms with Crippen molar-refractivity contribution in [3.8, 4) is 5.75 Å². The number of nitro groups is 1. The summed E-state index contributed by atoms with van der Waals surface area (Å²) in [5.41, 5.74) is -2.29. The second kappa shape index (κ2) is 4.67. The number of alkyl halides is 3. The highest BCUT2D eigenvalue weighted by Crippen LogP contribution is 2.36. The number of hydrogen-bond donors (Lipinski definition) is 1. The zero-order valence-electron chi connectivity index (χ0n) is 7.80. The Hall–Kier alpha value is -1.68. The molecule has 1 N–H and O–H groups in total. The van der Waals surface area contributed by atoms with Gasteiger partial charge in [-0.2, -0.15) is 17.4 Å². The summed E-state index contributed by atoms with van der Waals surface area (Å²) in [5.74, 6) is -0.719. The molecule has 1 rings (SSSR count). The maximum Gasteiger partial charge on any atom is 0.416 e. The van der Waals surface area contributed by atoms with Crippen molar-refractivity contribution >= 4 is 17.0 Å². The molecular formula is C7H4F3NO5S. The molecule has 0 bridgehead atoms. The molecule has 0 saturated heterocycles. The SMILES string of the molecule is O=[N+]([O-])c1cc(C(F)(F)F)ccc1OS(=O)O. The Balaban J connectivity index is 3.27. The van der Waals surface area contributed by atoms with E-state index in [1.54, 1.807) is 0 Å². The highest BCUT2D eigenvalue weighted by molar-refractivity contribution is 7.74. The molecule has 1 aromatic carbocycles. The normalized spacial score (nSPS) is 13.2. The van der Waals surface area contributed by atoms with Crippen LogP contribution in [0.5, 0.6) is 5.75 Å². The van der Waals surface area contributed by atoms with Gasteiger partial charge in [-0.1, -0.05) is 0 Å². The van der Waals surface area contributed by atoms with Crippen molar-refractivity contribution in [3.05, 3.63) is 33.9 Å². The van der Waals surface area contributed by atoms with E-state index >= 15 is 0 Å². The molecule has 0 aromatic heterocycles. The van der Waals surface area contributed by atoms with Gasteiger partial charge in [-0.15, -0.1) is 0 Å². The fraction of sp³-hybridized carbons (Fsp3) is 0.143.